The van der Waals surface area contributed by atoms with Crippen LogP contribution in [-0.4, -0.2) is 53.6 Å². The maximum atomic E-state index is 13.4. The van der Waals surface area contributed by atoms with Crippen LogP contribution in [0, 0.1) is 20.8 Å². The third-order valence-corrected chi connectivity index (χ3v) is 7.83. The molecule has 0 amide bonds. The Kier molecular flexibility index (Phi) is 5.77. The van der Waals surface area contributed by atoms with Crippen molar-refractivity contribution in [2.24, 2.45) is 0 Å². The summed E-state index contributed by atoms with van der Waals surface area (Å²) in [6.07, 6.45) is 0. The molecule has 158 valence electrons. The molecular weight excluding hydrogens is 396 g/mol. The Morgan fingerprint density at radius 3 is 2.13 bits per heavy atom. The lowest BCUT2D eigenvalue weighted by Gasteiger charge is -2.34. The number of para-hydroxylation sites is 1. The molecule has 0 N–H and O–H groups in total. The summed E-state index contributed by atoms with van der Waals surface area (Å²) in [5, 5.41) is 4.52. The molecule has 0 radical (unpaired) electrons. The van der Waals surface area contributed by atoms with E-state index in [0.29, 0.717) is 29.4 Å². The summed E-state index contributed by atoms with van der Waals surface area (Å²) in [6, 6.07) is 18.2. The number of aryl methyl sites for hydroxylation is 2. The van der Waals surface area contributed by atoms with E-state index in [9.17, 15) is 8.42 Å². The Hall–Kier alpha value is -2.48. The molecule has 1 aliphatic heterocycles. The number of hydrogen-bond acceptors (Lipinski definition) is 4. The summed E-state index contributed by atoms with van der Waals surface area (Å²) >= 11 is 0. The normalized spacial score (nSPS) is 16.1. The second-order valence-electron chi connectivity index (χ2n) is 7.91. The highest BCUT2D eigenvalue weighted by Gasteiger charge is 2.33. The minimum absolute atomic E-state index is 0.332. The van der Waals surface area contributed by atoms with Crippen LogP contribution in [0.15, 0.2) is 59.5 Å². The van der Waals surface area contributed by atoms with Gasteiger partial charge in [-0.3, -0.25) is 4.90 Å². The smallest absolute Gasteiger partial charge is 0.246 e. The van der Waals surface area contributed by atoms with E-state index < -0.39 is 10.0 Å². The van der Waals surface area contributed by atoms with Crippen LogP contribution in [0.25, 0.3) is 5.69 Å². The highest BCUT2D eigenvalue weighted by molar-refractivity contribution is 7.89. The molecule has 0 saturated carbocycles. The minimum atomic E-state index is -3.59. The highest BCUT2D eigenvalue weighted by Crippen LogP contribution is 2.26. The van der Waals surface area contributed by atoms with Crippen molar-refractivity contribution in [1.82, 2.24) is 19.0 Å². The van der Waals surface area contributed by atoms with Gasteiger partial charge in [0, 0.05) is 32.7 Å². The lowest BCUT2D eigenvalue weighted by Crippen LogP contribution is -2.48. The summed E-state index contributed by atoms with van der Waals surface area (Å²) in [6.45, 7) is 8.94. The molecule has 1 aromatic heterocycles. The molecule has 0 aliphatic carbocycles. The fraction of sp³-hybridized carbons (Fsp3) is 0.348. The van der Waals surface area contributed by atoms with Gasteiger partial charge >= 0.3 is 0 Å². The average molecular weight is 425 g/mol. The molecule has 7 heteroatoms. The molecule has 2 aromatic carbocycles. The summed E-state index contributed by atoms with van der Waals surface area (Å²) < 4.78 is 30.2. The van der Waals surface area contributed by atoms with Crippen molar-refractivity contribution >= 4 is 10.0 Å². The lowest BCUT2D eigenvalue weighted by atomic mass is 10.1. The first-order valence-corrected chi connectivity index (χ1v) is 11.7. The topological polar surface area (TPSA) is 58.4 Å². The fourth-order valence-corrected chi connectivity index (χ4v) is 5.81. The average Bonchev–Trinajstić information content (AvgIpc) is 3.05. The van der Waals surface area contributed by atoms with Crippen LogP contribution in [0.4, 0.5) is 0 Å². The summed E-state index contributed by atoms with van der Waals surface area (Å²) in [5.41, 5.74) is 4.56. The van der Waals surface area contributed by atoms with E-state index in [0.717, 1.165) is 25.3 Å². The van der Waals surface area contributed by atoms with Crippen molar-refractivity contribution in [3.05, 3.63) is 77.1 Å². The number of nitrogens with zero attached hydrogens (tertiary/aromatic N) is 4. The van der Waals surface area contributed by atoms with E-state index in [-0.39, 0.29) is 0 Å². The number of benzene rings is 2. The van der Waals surface area contributed by atoms with Crippen LogP contribution in [-0.2, 0) is 16.6 Å². The van der Waals surface area contributed by atoms with Gasteiger partial charge in [0.25, 0.3) is 0 Å². The second-order valence-corrected chi connectivity index (χ2v) is 9.79. The van der Waals surface area contributed by atoms with Gasteiger partial charge in [-0.2, -0.15) is 9.40 Å². The number of rotatable bonds is 5. The minimum Gasteiger partial charge on any atom is -0.296 e. The lowest BCUT2D eigenvalue weighted by molar-refractivity contribution is 0.181. The van der Waals surface area contributed by atoms with Crippen molar-refractivity contribution in [2.45, 2.75) is 32.2 Å². The fourth-order valence-electron chi connectivity index (χ4n) is 4.03. The third-order valence-electron chi connectivity index (χ3n) is 5.68. The highest BCUT2D eigenvalue weighted by atomic mass is 32.2. The molecule has 1 saturated heterocycles. The number of aromatic nitrogens is 2. The van der Waals surface area contributed by atoms with Gasteiger partial charge in [0.1, 0.15) is 4.90 Å². The zero-order chi connectivity index (χ0) is 21.3. The predicted octanol–water partition coefficient (Wildman–Crippen LogP) is 3.30. The van der Waals surface area contributed by atoms with Crippen molar-refractivity contribution < 1.29 is 8.42 Å². The van der Waals surface area contributed by atoms with Gasteiger partial charge in [-0.15, -0.1) is 0 Å². The molecule has 3 aromatic rings. The summed E-state index contributed by atoms with van der Waals surface area (Å²) in [5.74, 6) is 0. The van der Waals surface area contributed by atoms with E-state index in [4.69, 9.17) is 0 Å². The van der Waals surface area contributed by atoms with Gasteiger partial charge in [-0.05, 0) is 38.5 Å². The molecule has 0 bridgehead atoms. The van der Waals surface area contributed by atoms with Gasteiger partial charge in [0.05, 0.1) is 17.1 Å². The molecule has 1 fully saturated rings. The van der Waals surface area contributed by atoms with E-state index in [1.807, 2.05) is 37.3 Å². The van der Waals surface area contributed by atoms with Crippen LogP contribution in [0.3, 0.4) is 0 Å². The number of piperazine rings is 1. The van der Waals surface area contributed by atoms with Crippen LogP contribution in [0.2, 0.25) is 0 Å². The zero-order valence-corrected chi connectivity index (χ0v) is 18.6. The van der Waals surface area contributed by atoms with Crippen molar-refractivity contribution in [3.63, 3.8) is 0 Å². The van der Waals surface area contributed by atoms with Gasteiger partial charge < -0.3 is 0 Å². The molecule has 2 heterocycles. The SMILES string of the molecule is Cc1ccc(CN2CCN(S(=O)(=O)c3c(C)nn(-c4ccccc4)c3C)CC2)cc1. The molecule has 1 aliphatic rings. The van der Waals surface area contributed by atoms with Gasteiger partial charge in [-0.1, -0.05) is 48.0 Å². The quantitative estimate of drug-likeness (QED) is 0.631. The van der Waals surface area contributed by atoms with Gasteiger partial charge in [-0.25, -0.2) is 13.1 Å². The molecule has 4 rings (SSSR count). The number of sulfonamides is 1. The molecule has 0 atom stereocenters. The number of hydrogen-bond donors (Lipinski definition) is 0. The van der Waals surface area contributed by atoms with Crippen LogP contribution in [0.1, 0.15) is 22.5 Å². The van der Waals surface area contributed by atoms with E-state index in [1.165, 1.54) is 11.1 Å². The second kappa shape index (κ2) is 8.34. The van der Waals surface area contributed by atoms with Gasteiger partial charge in [0.15, 0.2) is 0 Å². The standard InChI is InChI=1S/C23H28N4O2S/c1-18-9-11-21(12-10-18)17-25-13-15-26(16-14-25)30(28,29)23-19(2)24-27(20(23)3)22-7-5-4-6-8-22/h4-12H,13-17H2,1-3H3. The predicted molar refractivity (Wildman–Crippen MR) is 118 cm³/mol. The van der Waals surface area contributed by atoms with Crippen LogP contribution >= 0.6 is 0 Å². The largest absolute Gasteiger partial charge is 0.296 e. The Balaban J connectivity index is 1.50. The van der Waals surface area contributed by atoms with Crippen LogP contribution in [0.5, 0.6) is 0 Å². The summed E-state index contributed by atoms with van der Waals surface area (Å²) in [4.78, 5) is 2.64. The monoisotopic (exact) mass is 424 g/mol. The first-order valence-electron chi connectivity index (χ1n) is 10.3. The molecule has 0 unspecified atom stereocenters. The molecule has 30 heavy (non-hydrogen) atoms. The van der Waals surface area contributed by atoms with Crippen molar-refractivity contribution in [1.29, 1.82) is 0 Å². The maximum absolute atomic E-state index is 13.4. The van der Waals surface area contributed by atoms with Crippen molar-refractivity contribution in [2.75, 3.05) is 26.2 Å². The van der Waals surface area contributed by atoms with E-state index in [1.54, 1.807) is 15.9 Å². The molecular formula is C23H28N4O2S. The molecule has 0 spiro atoms. The maximum Gasteiger partial charge on any atom is 0.246 e. The summed E-state index contributed by atoms with van der Waals surface area (Å²) in [7, 11) is -3.59. The first-order chi connectivity index (χ1) is 14.4. The van der Waals surface area contributed by atoms with E-state index >= 15 is 0 Å². The Morgan fingerprint density at radius 1 is 0.867 bits per heavy atom. The first kappa shape index (κ1) is 20.8. The molecule has 6 nitrogen and oxygen atoms in total. The Bertz CT molecular complexity index is 1110. The Morgan fingerprint density at radius 2 is 1.50 bits per heavy atom. The third kappa shape index (κ3) is 4.05. The zero-order valence-electron chi connectivity index (χ0n) is 17.7. The van der Waals surface area contributed by atoms with Gasteiger partial charge in [0.2, 0.25) is 10.0 Å². The van der Waals surface area contributed by atoms with E-state index in [2.05, 4.69) is 41.2 Å². The Labute approximate surface area is 178 Å². The van der Waals surface area contributed by atoms with Crippen LogP contribution < -0.4 is 0 Å². The van der Waals surface area contributed by atoms with Crippen molar-refractivity contribution in [3.8, 4) is 5.69 Å².